The summed E-state index contributed by atoms with van der Waals surface area (Å²) >= 11 is 0. The van der Waals surface area contributed by atoms with Gasteiger partial charge in [-0.05, 0) is 32.0 Å². The summed E-state index contributed by atoms with van der Waals surface area (Å²) in [5.41, 5.74) is 1.58. The van der Waals surface area contributed by atoms with Crippen LogP contribution >= 0.6 is 0 Å². The summed E-state index contributed by atoms with van der Waals surface area (Å²) in [7, 11) is 1.25. The van der Waals surface area contributed by atoms with Gasteiger partial charge in [0.15, 0.2) is 0 Å². The highest BCUT2D eigenvalue weighted by molar-refractivity contribution is 5.90. The predicted octanol–water partition coefficient (Wildman–Crippen LogP) is 2.33. The second kappa shape index (κ2) is 6.60. The zero-order chi connectivity index (χ0) is 17.1. The van der Waals surface area contributed by atoms with Gasteiger partial charge in [-0.2, -0.15) is 0 Å². The van der Waals surface area contributed by atoms with Gasteiger partial charge in [-0.3, -0.25) is 14.9 Å². The van der Waals surface area contributed by atoms with Crippen LogP contribution < -0.4 is 4.74 Å². The molecule has 1 aromatic rings. The van der Waals surface area contributed by atoms with E-state index < -0.39 is 35.2 Å². The minimum atomic E-state index is -0.759. The number of nitrogens with zero attached hydrogens (tertiary/aromatic N) is 1. The smallest absolute Gasteiger partial charge is 0.337 e. The Morgan fingerprint density at radius 1 is 1.43 bits per heavy atom. The lowest BCUT2D eigenvalue weighted by atomic mass is 9.82. The lowest BCUT2D eigenvalue weighted by molar-refractivity contribution is -0.484. The molecule has 0 saturated carbocycles. The molecule has 23 heavy (non-hydrogen) atoms. The molecule has 0 radical (unpaired) electrons. The quantitative estimate of drug-likeness (QED) is 0.278. The number of rotatable bonds is 4. The summed E-state index contributed by atoms with van der Waals surface area (Å²) in [6.45, 7) is 3.18. The molecule has 0 amide bonds. The fourth-order valence-electron chi connectivity index (χ4n) is 2.63. The Hall–Kier alpha value is -2.70. The maximum atomic E-state index is 12.2. The van der Waals surface area contributed by atoms with Crippen molar-refractivity contribution in [2.75, 3.05) is 13.7 Å². The Bertz CT molecular complexity index is 690. The summed E-state index contributed by atoms with van der Waals surface area (Å²) in [5.74, 6) is -2.29. The van der Waals surface area contributed by atoms with E-state index in [0.29, 0.717) is 5.56 Å². The maximum Gasteiger partial charge on any atom is 0.337 e. The molecule has 7 nitrogen and oxygen atoms in total. The number of allylic oxidation sites excluding steroid dienone is 1. The highest BCUT2D eigenvalue weighted by Gasteiger charge is 2.39. The lowest BCUT2D eigenvalue weighted by Gasteiger charge is -2.28. The van der Waals surface area contributed by atoms with Crippen LogP contribution in [-0.4, -0.2) is 30.5 Å². The number of ether oxygens (including phenoxy) is 2. The fraction of sp³-hybridized carbons (Fsp3) is 0.375. The molecule has 0 N–H and O–H groups in total. The molecule has 2 atom stereocenters. The molecular formula is C16H17NO6. The molecule has 0 saturated heterocycles. The zero-order valence-electron chi connectivity index (χ0n) is 13.1. The highest BCUT2D eigenvalue weighted by Crippen LogP contribution is 2.39. The summed E-state index contributed by atoms with van der Waals surface area (Å²) in [4.78, 5) is 34.4. The monoisotopic (exact) mass is 319 g/mol. The van der Waals surface area contributed by atoms with Crippen LogP contribution in [-0.2, 0) is 9.53 Å². The molecular weight excluding hydrogens is 302 g/mol. The van der Waals surface area contributed by atoms with Crippen molar-refractivity contribution in [2.45, 2.75) is 19.8 Å². The van der Waals surface area contributed by atoms with Crippen molar-refractivity contribution in [3.05, 3.63) is 51.1 Å². The Morgan fingerprint density at radius 2 is 2.13 bits per heavy atom. The Morgan fingerprint density at radius 3 is 2.70 bits per heavy atom. The lowest BCUT2D eigenvalue weighted by Crippen LogP contribution is -2.34. The highest BCUT2D eigenvalue weighted by atomic mass is 16.6. The Balaban J connectivity index is 2.55. The largest absolute Gasteiger partial charge is 0.465 e. The van der Waals surface area contributed by atoms with Crippen molar-refractivity contribution in [3.63, 3.8) is 0 Å². The van der Waals surface area contributed by atoms with E-state index in [1.807, 2.05) is 0 Å². The third-order valence-electron chi connectivity index (χ3n) is 3.61. The first-order chi connectivity index (χ1) is 10.8. The van der Waals surface area contributed by atoms with Gasteiger partial charge in [0.2, 0.25) is 6.54 Å². The summed E-state index contributed by atoms with van der Waals surface area (Å²) in [5, 5.41) is 11.0. The van der Waals surface area contributed by atoms with Gasteiger partial charge < -0.3 is 9.47 Å². The summed E-state index contributed by atoms with van der Waals surface area (Å²) < 4.78 is 9.93. The molecule has 0 fully saturated rings. The van der Waals surface area contributed by atoms with Gasteiger partial charge in [0.1, 0.15) is 5.75 Å². The number of esters is 2. The van der Waals surface area contributed by atoms with Gasteiger partial charge in [0, 0.05) is 10.5 Å². The van der Waals surface area contributed by atoms with Crippen molar-refractivity contribution >= 4 is 11.9 Å². The van der Waals surface area contributed by atoms with Crippen molar-refractivity contribution in [1.29, 1.82) is 0 Å². The third-order valence-corrected chi connectivity index (χ3v) is 3.61. The van der Waals surface area contributed by atoms with E-state index in [2.05, 4.69) is 4.74 Å². The van der Waals surface area contributed by atoms with E-state index in [0.717, 1.165) is 5.57 Å². The summed E-state index contributed by atoms with van der Waals surface area (Å²) in [6.07, 6.45) is 1.66. The number of nitro groups is 1. The van der Waals surface area contributed by atoms with Gasteiger partial charge in [-0.15, -0.1) is 0 Å². The average molecular weight is 319 g/mol. The predicted molar refractivity (Wildman–Crippen MR) is 80.9 cm³/mol. The molecule has 1 aliphatic heterocycles. The molecule has 7 heteroatoms. The maximum absolute atomic E-state index is 12.2. The number of benzene rings is 1. The molecule has 0 spiro atoms. The van der Waals surface area contributed by atoms with Crippen LogP contribution in [0.3, 0.4) is 0 Å². The van der Waals surface area contributed by atoms with Crippen LogP contribution in [0.25, 0.3) is 0 Å². The van der Waals surface area contributed by atoms with Crippen molar-refractivity contribution < 1.29 is 24.0 Å². The molecule has 2 rings (SSSR count). The minimum Gasteiger partial charge on any atom is -0.465 e. The minimum absolute atomic E-state index is 0.243. The molecule has 1 aromatic carbocycles. The topological polar surface area (TPSA) is 95.7 Å². The number of fused-ring (bicyclic) bond motifs is 1. The normalized spacial score (nSPS) is 19.3. The van der Waals surface area contributed by atoms with Crippen molar-refractivity contribution in [3.8, 4) is 5.75 Å². The second-order valence-electron chi connectivity index (χ2n) is 5.56. The van der Waals surface area contributed by atoms with Crippen LogP contribution in [0.1, 0.15) is 35.7 Å². The number of hydrogen-bond acceptors (Lipinski definition) is 6. The SMILES string of the molecule is COC(=O)c1ccc2c(c1)[C@H](C[N+](=O)[O-])[C@H](C=C(C)C)C(=O)O2. The number of carbonyl (C=O) groups excluding carboxylic acids is 2. The van der Waals surface area contributed by atoms with E-state index in [1.54, 1.807) is 19.9 Å². The number of carbonyl (C=O) groups is 2. The zero-order valence-corrected chi connectivity index (χ0v) is 13.1. The summed E-state index contributed by atoms with van der Waals surface area (Å²) in [6, 6.07) is 4.42. The van der Waals surface area contributed by atoms with E-state index >= 15 is 0 Å². The number of hydrogen-bond donors (Lipinski definition) is 0. The standard InChI is InChI=1S/C16H17NO6/c1-9(2)6-12-13(8-17(20)21)11-7-10(15(18)22-3)4-5-14(11)23-16(12)19/h4-7,12-13H,8H2,1-3H3/t12-,13-/m0/s1. The molecule has 122 valence electrons. The average Bonchev–Trinajstić information content (AvgIpc) is 2.49. The van der Waals surface area contributed by atoms with Crippen molar-refractivity contribution in [1.82, 2.24) is 0 Å². The van der Waals surface area contributed by atoms with E-state index in [1.165, 1.54) is 25.3 Å². The second-order valence-corrected chi connectivity index (χ2v) is 5.56. The van der Waals surface area contributed by atoms with E-state index in [4.69, 9.17) is 4.74 Å². The van der Waals surface area contributed by atoms with Gasteiger partial charge in [0.05, 0.1) is 24.5 Å². The van der Waals surface area contributed by atoms with Crippen LogP contribution in [0, 0.1) is 16.0 Å². The first-order valence-corrected chi connectivity index (χ1v) is 7.04. The van der Waals surface area contributed by atoms with Crippen LogP contribution in [0.5, 0.6) is 5.75 Å². The van der Waals surface area contributed by atoms with Gasteiger partial charge >= 0.3 is 11.9 Å². The fourth-order valence-corrected chi connectivity index (χ4v) is 2.63. The van der Waals surface area contributed by atoms with Crippen LogP contribution in [0.2, 0.25) is 0 Å². The van der Waals surface area contributed by atoms with E-state index in [9.17, 15) is 19.7 Å². The van der Waals surface area contributed by atoms with Crippen LogP contribution in [0.15, 0.2) is 29.8 Å². The van der Waals surface area contributed by atoms with Gasteiger partial charge in [-0.1, -0.05) is 11.6 Å². The van der Waals surface area contributed by atoms with Crippen molar-refractivity contribution in [2.24, 2.45) is 5.92 Å². The van der Waals surface area contributed by atoms with Gasteiger partial charge in [-0.25, -0.2) is 4.79 Å². The van der Waals surface area contributed by atoms with Gasteiger partial charge in [0.25, 0.3) is 0 Å². The first kappa shape index (κ1) is 16.7. The molecule has 0 aliphatic carbocycles. The molecule has 1 heterocycles. The Kier molecular flexibility index (Phi) is 4.78. The Labute approximate surface area is 133 Å². The van der Waals surface area contributed by atoms with Crippen LogP contribution in [0.4, 0.5) is 0 Å². The van der Waals surface area contributed by atoms with E-state index in [-0.39, 0.29) is 11.3 Å². The first-order valence-electron chi connectivity index (χ1n) is 7.04. The third kappa shape index (κ3) is 3.56. The molecule has 0 aromatic heterocycles. The number of methoxy groups -OCH3 is 1. The molecule has 1 aliphatic rings. The molecule has 0 unspecified atom stereocenters. The molecule has 0 bridgehead atoms.